The number of hydrogen-bond acceptors (Lipinski definition) is 6. The van der Waals surface area contributed by atoms with Gasteiger partial charge in [0, 0.05) is 5.54 Å². The third-order valence-electron chi connectivity index (χ3n) is 6.45. The van der Waals surface area contributed by atoms with Gasteiger partial charge < -0.3 is 19.5 Å². The minimum absolute atomic E-state index is 0.182. The molecule has 4 saturated carbocycles. The molecule has 0 spiro atoms. The fraction of sp³-hybridized carbons (Fsp3) is 0.591. The molecule has 0 aliphatic heterocycles. The molecule has 162 valence electrons. The van der Waals surface area contributed by atoms with E-state index in [9.17, 15) is 14.4 Å². The van der Waals surface area contributed by atoms with Crippen LogP contribution in [0.3, 0.4) is 0 Å². The largest absolute Gasteiger partial charge is 0.493 e. The summed E-state index contributed by atoms with van der Waals surface area (Å²) in [4.78, 5) is 36.2. The highest BCUT2D eigenvalue weighted by atomic mass is 16.6. The third-order valence-corrected chi connectivity index (χ3v) is 6.45. The van der Waals surface area contributed by atoms with Crippen LogP contribution in [0, 0.1) is 17.8 Å². The van der Waals surface area contributed by atoms with Crippen molar-refractivity contribution in [2.24, 2.45) is 17.8 Å². The van der Waals surface area contributed by atoms with Gasteiger partial charge in [0.2, 0.25) is 0 Å². The highest BCUT2D eigenvalue weighted by Gasteiger charge is 2.51. The van der Waals surface area contributed by atoms with Crippen LogP contribution in [0.4, 0.5) is 4.79 Å². The minimum Gasteiger partial charge on any atom is -0.493 e. The SMILES string of the molecule is COc1ccccc1OCC(=O)OCC(=O)NC(=O)NC12CC3CC(CC(C3)C1)C2. The second kappa shape index (κ2) is 8.53. The van der Waals surface area contributed by atoms with E-state index in [2.05, 4.69) is 10.6 Å². The number of nitrogens with one attached hydrogen (secondary N) is 2. The summed E-state index contributed by atoms with van der Waals surface area (Å²) in [5.41, 5.74) is -0.182. The standard InChI is InChI=1S/C22H28N2O6/c1-28-17-4-2-3-5-18(17)29-13-20(26)30-12-19(25)23-21(27)24-22-9-14-6-15(10-22)8-16(7-14)11-22/h2-5,14-16H,6-13H2,1H3,(H2,23,24,25,27). The zero-order valence-corrected chi connectivity index (χ0v) is 17.1. The van der Waals surface area contributed by atoms with E-state index in [0.717, 1.165) is 19.3 Å². The van der Waals surface area contributed by atoms with Crippen molar-refractivity contribution in [3.05, 3.63) is 24.3 Å². The first-order valence-electron chi connectivity index (χ1n) is 10.5. The van der Waals surface area contributed by atoms with Crippen LogP contribution in [-0.4, -0.2) is 43.8 Å². The number of ether oxygens (including phenoxy) is 3. The molecular weight excluding hydrogens is 388 g/mol. The first kappa shape index (κ1) is 20.5. The lowest BCUT2D eigenvalue weighted by Gasteiger charge is -2.56. The Labute approximate surface area is 175 Å². The molecule has 1 aromatic rings. The van der Waals surface area contributed by atoms with Gasteiger partial charge in [-0.3, -0.25) is 10.1 Å². The molecule has 4 aliphatic carbocycles. The number of para-hydroxylation sites is 2. The van der Waals surface area contributed by atoms with E-state index >= 15 is 0 Å². The van der Waals surface area contributed by atoms with Gasteiger partial charge in [0.05, 0.1) is 7.11 Å². The predicted octanol–water partition coefficient (Wildman–Crippen LogP) is 2.41. The van der Waals surface area contributed by atoms with Crippen LogP contribution in [-0.2, 0) is 14.3 Å². The highest BCUT2D eigenvalue weighted by molar-refractivity contribution is 5.95. The number of carbonyl (C=O) groups is 3. The monoisotopic (exact) mass is 416 g/mol. The van der Waals surface area contributed by atoms with Crippen molar-refractivity contribution in [2.45, 2.75) is 44.1 Å². The Morgan fingerprint density at radius 1 is 0.967 bits per heavy atom. The van der Waals surface area contributed by atoms with Crippen LogP contribution in [0.1, 0.15) is 38.5 Å². The Hall–Kier alpha value is -2.77. The summed E-state index contributed by atoms with van der Waals surface area (Å²) in [6.45, 7) is -0.907. The van der Waals surface area contributed by atoms with Crippen molar-refractivity contribution < 1.29 is 28.6 Å². The van der Waals surface area contributed by atoms with E-state index in [1.54, 1.807) is 24.3 Å². The highest BCUT2D eigenvalue weighted by Crippen LogP contribution is 2.55. The molecular formula is C22H28N2O6. The minimum atomic E-state index is -0.711. The van der Waals surface area contributed by atoms with Crippen LogP contribution < -0.4 is 20.1 Å². The Balaban J connectivity index is 1.18. The summed E-state index contributed by atoms with van der Waals surface area (Å²) < 4.78 is 15.4. The second-order valence-electron chi connectivity index (χ2n) is 8.80. The Morgan fingerprint density at radius 3 is 2.17 bits per heavy atom. The molecule has 0 unspecified atom stereocenters. The second-order valence-corrected chi connectivity index (χ2v) is 8.80. The first-order valence-corrected chi connectivity index (χ1v) is 10.5. The zero-order valence-electron chi connectivity index (χ0n) is 17.1. The van der Waals surface area contributed by atoms with Gasteiger partial charge in [-0.1, -0.05) is 12.1 Å². The number of rotatable bonds is 7. The molecule has 8 heteroatoms. The maximum absolute atomic E-state index is 12.3. The lowest BCUT2D eigenvalue weighted by atomic mass is 9.53. The smallest absolute Gasteiger partial charge is 0.344 e. The van der Waals surface area contributed by atoms with Gasteiger partial charge in [-0.15, -0.1) is 0 Å². The van der Waals surface area contributed by atoms with E-state index < -0.39 is 24.5 Å². The summed E-state index contributed by atoms with van der Waals surface area (Å²) in [7, 11) is 1.50. The van der Waals surface area contributed by atoms with E-state index in [0.29, 0.717) is 29.3 Å². The van der Waals surface area contributed by atoms with Crippen LogP contribution in [0.15, 0.2) is 24.3 Å². The third kappa shape index (κ3) is 4.68. The summed E-state index contributed by atoms with van der Waals surface area (Å²) in [5, 5.41) is 5.33. The van der Waals surface area contributed by atoms with Gasteiger partial charge in [0.1, 0.15) is 0 Å². The fourth-order valence-electron chi connectivity index (χ4n) is 5.76. The molecule has 0 radical (unpaired) electrons. The number of benzene rings is 1. The Bertz CT molecular complexity index is 788. The molecule has 4 bridgehead atoms. The maximum Gasteiger partial charge on any atom is 0.344 e. The quantitative estimate of drug-likeness (QED) is 0.662. The molecule has 1 aromatic carbocycles. The predicted molar refractivity (Wildman–Crippen MR) is 107 cm³/mol. The van der Waals surface area contributed by atoms with Crippen molar-refractivity contribution in [3.8, 4) is 11.5 Å². The molecule has 0 aromatic heterocycles. The lowest BCUT2D eigenvalue weighted by molar-refractivity contribution is -0.150. The zero-order chi connectivity index (χ0) is 21.1. The van der Waals surface area contributed by atoms with Crippen LogP contribution in [0.5, 0.6) is 11.5 Å². The van der Waals surface area contributed by atoms with E-state index in [4.69, 9.17) is 14.2 Å². The number of carbonyl (C=O) groups excluding carboxylic acids is 3. The Kier molecular flexibility index (Phi) is 5.83. The number of hydrogen-bond donors (Lipinski definition) is 2. The number of methoxy groups -OCH3 is 1. The molecule has 2 N–H and O–H groups in total. The van der Waals surface area contributed by atoms with E-state index in [-0.39, 0.29) is 12.1 Å². The van der Waals surface area contributed by atoms with E-state index in [1.165, 1.54) is 26.4 Å². The van der Waals surface area contributed by atoms with Gasteiger partial charge in [0.25, 0.3) is 5.91 Å². The van der Waals surface area contributed by atoms with Gasteiger partial charge in [0.15, 0.2) is 24.7 Å². The van der Waals surface area contributed by atoms with Crippen LogP contribution in [0.2, 0.25) is 0 Å². The molecule has 0 heterocycles. The van der Waals surface area contributed by atoms with Crippen molar-refractivity contribution >= 4 is 17.9 Å². The summed E-state index contributed by atoms with van der Waals surface area (Å²) in [5.74, 6) is 1.59. The summed E-state index contributed by atoms with van der Waals surface area (Å²) >= 11 is 0. The average Bonchev–Trinajstić information content (AvgIpc) is 2.69. The molecule has 30 heavy (non-hydrogen) atoms. The molecule has 5 rings (SSSR count). The first-order chi connectivity index (χ1) is 14.4. The molecule has 4 fully saturated rings. The van der Waals surface area contributed by atoms with E-state index in [1.807, 2.05) is 0 Å². The molecule has 4 aliphatic rings. The van der Waals surface area contributed by atoms with Gasteiger partial charge >= 0.3 is 12.0 Å². The number of amides is 3. The number of esters is 1. The van der Waals surface area contributed by atoms with Gasteiger partial charge in [-0.2, -0.15) is 0 Å². The molecule has 0 atom stereocenters. The number of imide groups is 1. The van der Waals surface area contributed by atoms with Crippen molar-refractivity contribution in [1.29, 1.82) is 0 Å². The lowest BCUT2D eigenvalue weighted by Crippen LogP contribution is -2.62. The maximum atomic E-state index is 12.3. The Morgan fingerprint density at radius 2 is 1.57 bits per heavy atom. The van der Waals surface area contributed by atoms with Crippen molar-refractivity contribution in [3.63, 3.8) is 0 Å². The van der Waals surface area contributed by atoms with Crippen molar-refractivity contribution in [1.82, 2.24) is 10.6 Å². The van der Waals surface area contributed by atoms with Crippen LogP contribution in [0.25, 0.3) is 0 Å². The topological polar surface area (TPSA) is 103 Å². The van der Waals surface area contributed by atoms with Crippen LogP contribution >= 0.6 is 0 Å². The number of urea groups is 1. The van der Waals surface area contributed by atoms with Gasteiger partial charge in [-0.05, 0) is 68.4 Å². The summed E-state index contributed by atoms with van der Waals surface area (Å²) in [6, 6.07) is 6.38. The normalized spacial score (nSPS) is 28.5. The fourth-order valence-corrected chi connectivity index (χ4v) is 5.76. The summed E-state index contributed by atoms with van der Waals surface area (Å²) in [6.07, 6.45) is 6.80. The van der Waals surface area contributed by atoms with Gasteiger partial charge in [-0.25, -0.2) is 9.59 Å². The molecule has 3 amide bonds. The average molecular weight is 416 g/mol. The molecule has 0 saturated heterocycles. The van der Waals surface area contributed by atoms with Crippen molar-refractivity contribution in [2.75, 3.05) is 20.3 Å². The molecule has 8 nitrogen and oxygen atoms in total.